The summed E-state index contributed by atoms with van der Waals surface area (Å²) >= 11 is 0. The zero-order valence-corrected chi connectivity index (χ0v) is 11.5. The average molecular weight is 270 g/mol. The number of rotatable bonds is 7. The van der Waals surface area contributed by atoms with Gasteiger partial charge in [0.15, 0.2) is 0 Å². The molecule has 1 unspecified atom stereocenters. The van der Waals surface area contributed by atoms with Gasteiger partial charge in [0.25, 0.3) is 0 Å². The topological polar surface area (TPSA) is 95.5 Å². The van der Waals surface area contributed by atoms with Crippen LogP contribution >= 0.6 is 0 Å². The molecular weight excluding hydrogens is 248 g/mol. The lowest BCUT2D eigenvalue weighted by molar-refractivity contribution is -0.138. The number of amides is 3. The Bertz CT molecular complexity index is 364. The van der Waals surface area contributed by atoms with Gasteiger partial charge in [-0.15, -0.1) is 0 Å². The highest BCUT2D eigenvalue weighted by molar-refractivity contribution is 5.94. The fourth-order valence-electron chi connectivity index (χ4n) is 2.01. The van der Waals surface area contributed by atoms with Crippen LogP contribution in [0.25, 0.3) is 0 Å². The van der Waals surface area contributed by atoms with E-state index in [1.807, 2.05) is 0 Å². The molecule has 0 aromatic heterocycles. The van der Waals surface area contributed by atoms with Crippen molar-refractivity contribution in [2.75, 3.05) is 6.54 Å². The van der Waals surface area contributed by atoms with Crippen LogP contribution in [-0.4, -0.2) is 29.6 Å². The van der Waals surface area contributed by atoms with Gasteiger partial charge >= 0.3 is 12.0 Å². The molecule has 1 saturated carbocycles. The molecule has 1 aliphatic rings. The van der Waals surface area contributed by atoms with E-state index in [1.165, 1.54) is 0 Å². The SMILES string of the molecule is CCC1(CNC(=O)NC(=O)CC(C)CC(=O)O)CC1. The lowest BCUT2D eigenvalue weighted by Gasteiger charge is -2.14. The summed E-state index contributed by atoms with van der Waals surface area (Å²) in [6.07, 6.45) is 3.23. The first kappa shape index (κ1) is 15.5. The molecule has 0 aromatic rings. The highest BCUT2D eigenvalue weighted by Crippen LogP contribution is 2.47. The van der Waals surface area contributed by atoms with Crippen molar-refractivity contribution in [2.24, 2.45) is 11.3 Å². The van der Waals surface area contributed by atoms with Crippen LogP contribution in [0.5, 0.6) is 0 Å². The standard InChI is InChI=1S/C13H22N2O4/c1-3-13(4-5-13)8-14-12(19)15-10(16)6-9(2)7-11(17)18/h9H,3-8H2,1-2H3,(H,17,18)(H2,14,15,16,19). The van der Waals surface area contributed by atoms with Gasteiger partial charge in [-0.1, -0.05) is 13.8 Å². The van der Waals surface area contributed by atoms with E-state index in [-0.39, 0.29) is 24.2 Å². The van der Waals surface area contributed by atoms with Crippen LogP contribution < -0.4 is 10.6 Å². The van der Waals surface area contributed by atoms with Gasteiger partial charge in [0.2, 0.25) is 5.91 Å². The lowest BCUT2D eigenvalue weighted by atomic mass is 10.0. The maximum Gasteiger partial charge on any atom is 0.321 e. The highest BCUT2D eigenvalue weighted by atomic mass is 16.4. The number of nitrogens with one attached hydrogen (secondary N) is 2. The van der Waals surface area contributed by atoms with Crippen molar-refractivity contribution in [2.45, 2.75) is 46.0 Å². The Hall–Kier alpha value is -1.59. The van der Waals surface area contributed by atoms with E-state index in [2.05, 4.69) is 17.6 Å². The number of carbonyl (C=O) groups excluding carboxylic acids is 2. The molecule has 1 aliphatic carbocycles. The number of hydrogen-bond acceptors (Lipinski definition) is 3. The zero-order valence-electron chi connectivity index (χ0n) is 11.5. The summed E-state index contributed by atoms with van der Waals surface area (Å²) in [6, 6.07) is -0.493. The molecule has 0 aromatic carbocycles. The number of carbonyl (C=O) groups is 3. The first-order chi connectivity index (χ1) is 8.87. The number of urea groups is 1. The predicted molar refractivity (Wildman–Crippen MR) is 69.5 cm³/mol. The quantitative estimate of drug-likeness (QED) is 0.653. The third-order valence-corrected chi connectivity index (χ3v) is 3.64. The van der Waals surface area contributed by atoms with Crippen LogP contribution in [0.4, 0.5) is 4.79 Å². The van der Waals surface area contributed by atoms with Gasteiger partial charge in [0.1, 0.15) is 0 Å². The second kappa shape index (κ2) is 6.54. The maximum atomic E-state index is 11.5. The van der Waals surface area contributed by atoms with Crippen molar-refractivity contribution in [3.8, 4) is 0 Å². The van der Waals surface area contributed by atoms with E-state index < -0.39 is 17.9 Å². The Morgan fingerprint density at radius 1 is 1.26 bits per heavy atom. The van der Waals surface area contributed by atoms with Crippen molar-refractivity contribution >= 4 is 17.9 Å². The molecule has 0 radical (unpaired) electrons. The number of aliphatic carboxylic acids is 1. The van der Waals surface area contributed by atoms with Crippen molar-refractivity contribution in [3.05, 3.63) is 0 Å². The van der Waals surface area contributed by atoms with Gasteiger partial charge in [-0.05, 0) is 30.6 Å². The summed E-state index contributed by atoms with van der Waals surface area (Å²) < 4.78 is 0. The van der Waals surface area contributed by atoms with Gasteiger partial charge < -0.3 is 10.4 Å². The molecule has 6 heteroatoms. The third kappa shape index (κ3) is 5.72. The number of carboxylic acids is 1. The van der Waals surface area contributed by atoms with Crippen molar-refractivity contribution < 1.29 is 19.5 Å². The molecule has 0 bridgehead atoms. The first-order valence-electron chi connectivity index (χ1n) is 6.66. The highest BCUT2D eigenvalue weighted by Gasteiger charge is 2.40. The van der Waals surface area contributed by atoms with Crippen molar-refractivity contribution in [3.63, 3.8) is 0 Å². The molecule has 0 spiro atoms. The summed E-state index contributed by atoms with van der Waals surface area (Å²) in [6.45, 7) is 4.35. The Morgan fingerprint density at radius 2 is 1.89 bits per heavy atom. The molecule has 0 saturated heterocycles. The Balaban J connectivity index is 2.20. The summed E-state index contributed by atoms with van der Waals surface area (Å²) in [4.78, 5) is 33.4. The molecule has 6 nitrogen and oxygen atoms in total. The minimum atomic E-state index is -0.941. The largest absolute Gasteiger partial charge is 0.481 e. The van der Waals surface area contributed by atoms with Crippen LogP contribution in [-0.2, 0) is 9.59 Å². The summed E-state index contributed by atoms with van der Waals surface area (Å²) in [7, 11) is 0. The smallest absolute Gasteiger partial charge is 0.321 e. The molecular formula is C13H22N2O4. The molecule has 1 fully saturated rings. The molecule has 0 aliphatic heterocycles. The fraction of sp³-hybridized carbons (Fsp3) is 0.769. The predicted octanol–water partition coefficient (Wildman–Crippen LogP) is 1.50. The molecule has 108 valence electrons. The number of carboxylic acid groups (broad SMARTS) is 1. The van der Waals surface area contributed by atoms with Crippen LogP contribution in [0.2, 0.25) is 0 Å². The van der Waals surface area contributed by atoms with Crippen molar-refractivity contribution in [1.82, 2.24) is 10.6 Å². The summed E-state index contributed by atoms with van der Waals surface area (Å²) in [5, 5.41) is 13.5. The molecule has 0 heterocycles. The van der Waals surface area contributed by atoms with Gasteiger partial charge in [0.05, 0.1) is 0 Å². The van der Waals surface area contributed by atoms with Gasteiger partial charge in [-0.3, -0.25) is 14.9 Å². The summed E-state index contributed by atoms with van der Waals surface area (Å²) in [5.74, 6) is -1.66. The molecule has 1 atom stereocenters. The zero-order chi connectivity index (χ0) is 14.5. The monoisotopic (exact) mass is 270 g/mol. The molecule has 19 heavy (non-hydrogen) atoms. The third-order valence-electron chi connectivity index (χ3n) is 3.64. The van der Waals surface area contributed by atoms with E-state index >= 15 is 0 Å². The van der Waals surface area contributed by atoms with E-state index in [4.69, 9.17) is 5.11 Å². The Labute approximate surface area is 112 Å². The lowest BCUT2D eigenvalue weighted by Crippen LogP contribution is -2.42. The van der Waals surface area contributed by atoms with Gasteiger partial charge in [-0.2, -0.15) is 0 Å². The normalized spacial score (nSPS) is 17.4. The molecule has 3 N–H and O–H groups in total. The minimum Gasteiger partial charge on any atom is -0.481 e. The van der Waals surface area contributed by atoms with E-state index in [9.17, 15) is 14.4 Å². The van der Waals surface area contributed by atoms with E-state index in [0.717, 1.165) is 19.3 Å². The molecule has 1 rings (SSSR count). The maximum absolute atomic E-state index is 11.5. The van der Waals surface area contributed by atoms with Crippen LogP contribution in [0.1, 0.15) is 46.0 Å². The first-order valence-corrected chi connectivity index (χ1v) is 6.66. The fourth-order valence-corrected chi connectivity index (χ4v) is 2.01. The van der Waals surface area contributed by atoms with Gasteiger partial charge in [0, 0.05) is 19.4 Å². The second-order valence-corrected chi connectivity index (χ2v) is 5.49. The number of hydrogen-bond donors (Lipinski definition) is 3. The van der Waals surface area contributed by atoms with Crippen LogP contribution in [0, 0.1) is 11.3 Å². The second-order valence-electron chi connectivity index (χ2n) is 5.49. The Kier molecular flexibility index (Phi) is 5.32. The van der Waals surface area contributed by atoms with E-state index in [0.29, 0.717) is 6.54 Å². The van der Waals surface area contributed by atoms with Gasteiger partial charge in [-0.25, -0.2) is 4.79 Å². The van der Waals surface area contributed by atoms with Crippen LogP contribution in [0.15, 0.2) is 0 Å². The minimum absolute atomic E-state index is 0.0403. The Morgan fingerprint density at radius 3 is 2.37 bits per heavy atom. The number of imide groups is 1. The summed E-state index contributed by atoms with van der Waals surface area (Å²) in [5.41, 5.74) is 0.233. The van der Waals surface area contributed by atoms with Crippen molar-refractivity contribution in [1.29, 1.82) is 0 Å². The molecule has 3 amide bonds. The van der Waals surface area contributed by atoms with E-state index in [1.54, 1.807) is 6.92 Å². The average Bonchev–Trinajstić information content (AvgIpc) is 3.05. The van der Waals surface area contributed by atoms with Crippen LogP contribution in [0.3, 0.4) is 0 Å².